The van der Waals surface area contributed by atoms with E-state index in [1.807, 2.05) is 0 Å². The number of benzene rings is 2. The van der Waals surface area contributed by atoms with Gasteiger partial charge in [-0.3, -0.25) is 4.79 Å². The Morgan fingerprint density at radius 2 is 1.65 bits per heavy atom. The number of hydrogen-bond donors (Lipinski definition) is 1. The lowest BCUT2D eigenvalue weighted by Crippen LogP contribution is -2.32. The predicted octanol–water partition coefficient (Wildman–Crippen LogP) is 2.14. The van der Waals surface area contributed by atoms with E-state index in [0.29, 0.717) is 18.5 Å². The van der Waals surface area contributed by atoms with Crippen molar-refractivity contribution in [3.05, 3.63) is 76.3 Å². The third-order valence-electron chi connectivity index (χ3n) is 3.64. The first-order valence-corrected chi connectivity index (χ1v) is 7.86. The summed E-state index contributed by atoms with van der Waals surface area (Å²) in [4.78, 5) is 23.7. The highest BCUT2D eigenvalue weighted by Crippen LogP contribution is 2.15. The zero-order valence-electron chi connectivity index (χ0n) is 13.6. The molecule has 0 unspecified atom stereocenters. The van der Waals surface area contributed by atoms with E-state index in [-0.39, 0.29) is 18.3 Å². The van der Waals surface area contributed by atoms with Gasteiger partial charge in [-0.05, 0) is 48.4 Å². The number of carbonyl (C=O) groups is 1. The van der Waals surface area contributed by atoms with Gasteiger partial charge in [-0.15, -0.1) is 5.10 Å². The zero-order valence-corrected chi connectivity index (χ0v) is 13.6. The largest absolute Gasteiger partial charge is 0.437 e. The average Bonchev–Trinajstić information content (AvgIpc) is 2.98. The Hall–Kier alpha value is -3.29. The van der Waals surface area contributed by atoms with Crippen LogP contribution in [0.2, 0.25) is 0 Å². The van der Waals surface area contributed by atoms with E-state index >= 15 is 0 Å². The molecule has 1 aromatic heterocycles. The maximum Gasteiger partial charge on any atom is 0.437 e. The minimum Gasteiger partial charge on any atom is -0.388 e. The molecule has 0 saturated heterocycles. The van der Waals surface area contributed by atoms with E-state index in [4.69, 9.17) is 4.42 Å². The smallest absolute Gasteiger partial charge is 0.388 e. The molecule has 0 saturated carbocycles. The Morgan fingerprint density at radius 1 is 1.04 bits per heavy atom. The van der Waals surface area contributed by atoms with Crippen molar-refractivity contribution in [1.29, 1.82) is 0 Å². The number of halogens is 2. The summed E-state index contributed by atoms with van der Waals surface area (Å²) < 4.78 is 31.6. The number of nitrogens with one attached hydrogen (secondary N) is 1. The normalized spacial score (nSPS) is 10.7. The van der Waals surface area contributed by atoms with Gasteiger partial charge in [-0.2, -0.15) is 4.68 Å². The van der Waals surface area contributed by atoms with Crippen LogP contribution in [-0.4, -0.2) is 22.2 Å². The van der Waals surface area contributed by atoms with Crippen molar-refractivity contribution in [1.82, 2.24) is 15.1 Å². The SMILES string of the molecule is O=C(Cn1nc(-c2ccc(F)cc2)oc1=O)NCCc1ccc(F)cc1. The topological polar surface area (TPSA) is 77.1 Å². The van der Waals surface area contributed by atoms with E-state index in [1.165, 1.54) is 36.4 Å². The lowest BCUT2D eigenvalue weighted by Gasteiger charge is -2.04. The van der Waals surface area contributed by atoms with Gasteiger partial charge in [0.1, 0.15) is 18.2 Å². The summed E-state index contributed by atoms with van der Waals surface area (Å²) in [5.74, 6) is -1.92. The second-order valence-corrected chi connectivity index (χ2v) is 5.56. The summed E-state index contributed by atoms with van der Waals surface area (Å²) in [7, 11) is 0. The van der Waals surface area contributed by atoms with Crippen LogP contribution >= 0.6 is 0 Å². The van der Waals surface area contributed by atoms with Gasteiger partial charge in [0.15, 0.2) is 0 Å². The fourth-order valence-electron chi connectivity index (χ4n) is 2.30. The lowest BCUT2D eigenvalue weighted by molar-refractivity contribution is -0.121. The van der Waals surface area contributed by atoms with Crippen molar-refractivity contribution >= 4 is 5.91 Å². The standard InChI is InChI=1S/C18H15F2N3O3/c19-14-5-1-12(2-6-14)9-10-21-16(24)11-23-18(25)26-17(22-23)13-3-7-15(20)8-4-13/h1-8H,9-11H2,(H,21,24). The molecule has 0 fully saturated rings. The number of nitrogens with zero attached hydrogens (tertiary/aromatic N) is 2. The molecule has 1 N–H and O–H groups in total. The van der Waals surface area contributed by atoms with Gasteiger partial charge < -0.3 is 9.73 Å². The first-order chi connectivity index (χ1) is 12.5. The van der Waals surface area contributed by atoms with E-state index in [1.54, 1.807) is 12.1 Å². The van der Waals surface area contributed by atoms with Crippen LogP contribution in [-0.2, 0) is 17.8 Å². The first-order valence-electron chi connectivity index (χ1n) is 7.86. The molecule has 0 aliphatic heterocycles. The monoisotopic (exact) mass is 359 g/mol. The molecule has 3 aromatic rings. The molecule has 3 rings (SSSR count). The molecule has 134 valence electrons. The van der Waals surface area contributed by atoms with Gasteiger partial charge >= 0.3 is 5.76 Å². The molecule has 2 aromatic carbocycles. The van der Waals surface area contributed by atoms with Crippen molar-refractivity contribution in [3.63, 3.8) is 0 Å². The van der Waals surface area contributed by atoms with Gasteiger partial charge in [0.05, 0.1) is 0 Å². The molecule has 0 spiro atoms. The summed E-state index contributed by atoms with van der Waals surface area (Å²) >= 11 is 0. The summed E-state index contributed by atoms with van der Waals surface area (Å²) in [6.07, 6.45) is 0.528. The van der Waals surface area contributed by atoms with Crippen molar-refractivity contribution in [2.75, 3.05) is 6.54 Å². The summed E-state index contributed by atoms with van der Waals surface area (Å²) in [5, 5.41) is 6.59. The molecular formula is C18H15F2N3O3. The maximum atomic E-state index is 12.9. The van der Waals surface area contributed by atoms with Crippen LogP contribution in [0.3, 0.4) is 0 Å². The second kappa shape index (κ2) is 7.73. The van der Waals surface area contributed by atoms with Crippen LogP contribution in [0.1, 0.15) is 5.56 Å². The number of aromatic nitrogens is 2. The number of hydrogen-bond acceptors (Lipinski definition) is 4. The van der Waals surface area contributed by atoms with Crippen LogP contribution < -0.4 is 11.1 Å². The van der Waals surface area contributed by atoms with Crippen LogP contribution in [0.25, 0.3) is 11.5 Å². The molecule has 6 nitrogen and oxygen atoms in total. The number of amides is 1. The van der Waals surface area contributed by atoms with E-state index in [0.717, 1.165) is 10.2 Å². The van der Waals surface area contributed by atoms with E-state index in [9.17, 15) is 18.4 Å². The molecular weight excluding hydrogens is 344 g/mol. The minimum absolute atomic E-state index is 0.00844. The second-order valence-electron chi connectivity index (χ2n) is 5.56. The predicted molar refractivity (Wildman–Crippen MR) is 89.3 cm³/mol. The van der Waals surface area contributed by atoms with E-state index < -0.39 is 17.5 Å². The van der Waals surface area contributed by atoms with Gasteiger partial charge in [0, 0.05) is 12.1 Å². The van der Waals surface area contributed by atoms with E-state index in [2.05, 4.69) is 10.4 Å². The molecule has 0 bridgehead atoms. The number of carbonyl (C=O) groups excluding carboxylic acids is 1. The molecule has 1 amide bonds. The highest BCUT2D eigenvalue weighted by Gasteiger charge is 2.13. The van der Waals surface area contributed by atoms with Gasteiger partial charge in [-0.25, -0.2) is 13.6 Å². The molecule has 26 heavy (non-hydrogen) atoms. The summed E-state index contributed by atoms with van der Waals surface area (Å²) in [6, 6.07) is 11.3. The Kier molecular flexibility index (Phi) is 5.21. The van der Waals surface area contributed by atoms with Gasteiger partial charge in [0.25, 0.3) is 0 Å². The zero-order chi connectivity index (χ0) is 18.5. The first kappa shape index (κ1) is 17.5. The molecule has 8 heteroatoms. The Labute approximate surface area is 147 Å². The summed E-state index contributed by atoms with van der Waals surface area (Å²) in [5.41, 5.74) is 1.31. The lowest BCUT2D eigenvalue weighted by atomic mass is 10.1. The van der Waals surface area contributed by atoms with Crippen molar-refractivity contribution in [3.8, 4) is 11.5 Å². The fourth-order valence-corrected chi connectivity index (χ4v) is 2.30. The Morgan fingerprint density at radius 3 is 2.31 bits per heavy atom. The van der Waals surface area contributed by atoms with Gasteiger partial charge in [-0.1, -0.05) is 12.1 Å². The van der Waals surface area contributed by atoms with Crippen LogP contribution in [0, 0.1) is 11.6 Å². The third kappa shape index (κ3) is 4.41. The van der Waals surface area contributed by atoms with Crippen molar-refractivity contribution in [2.24, 2.45) is 0 Å². The fraction of sp³-hybridized carbons (Fsp3) is 0.167. The number of rotatable bonds is 6. The minimum atomic E-state index is -0.780. The molecule has 0 radical (unpaired) electrons. The third-order valence-corrected chi connectivity index (χ3v) is 3.64. The van der Waals surface area contributed by atoms with Crippen LogP contribution in [0.15, 0.2) is 57.7 Å². The van der Waals surface area contributed by atoms with Crippen LogP contribution in [0.5, 0.6) is 0 Å². The Bertz CT molecular complexity index is 947. The Balaban J connectivity index is 1.56. The highest BCUT2D eigenvalue weighted by molar-refractivity contribution is 5.75. The molecule has 0 aliphatic carbocycles. The van der Waals surface area contributed by atoms with Gasteiger partial charge in [0.2, 0.25) is 11.8 Å². The van der Waals surface area contributed by atoms with Crippen molar-refractivity contribution < 1.29 is 18.0 Å². The molecule has 0 atom stereocenters. The quantitative estimate of drug-likeness (QED) is 0.732. The molecule has 1 heterocycles. The maximum absolute atomic E-state index is 12.9. The average molecular weight is 359 g/mol. The highest BCUT2D eigenvalue weighted by atomic mass is 19.1. The van der Waals surface area contributed by atoms with Crippen LogP contribution in [0.4, 0.5) is 8.78 Å². The molecule has 0 aliphatic rings. The summed E-state index contributed by atoms with van der Waals surface area (Å²) in [6.45, 7) is 0.0365. The van der Waals surface area contributed by atoms with Crippen molar-refractivity contribution in [2.45, 2.75) is 13.0 Å².